The van der Waals surface area contributed by atoms with Crippen LogP contribution in [0.5, 0.6) is 0 Å². The van der Waals surface area contributed by atoms with E-state index in [1.165, 1.54) is 12.1 Å². The lowest BCUT2D eigenvalue weighted by atomic mass is 10.0. The Morgan fingerprint density at radius 1 is 0.895 bits per heavy atom. The third-order valence-corrected chi connectivity index (χ3v) is 3.78. The van der Waals surface area contributed by atoms with Crippen molar-refractivity contribution in [2.24, 2.45) is 0 Å². The van der Waals surface area contributed by atoms with Crippen LogP contribution in [0.4, 0.5) is 0 Å². The van der Waals surface area contributed by atoms with Crippen LogP contribution in [0.1, 0.15) is 15.9 Å². The molecule has 0 heterocycles. The molecule has 98 valence electrons. The molecular weight excluding hydrogens is 326 g/mol. The van der Waals surface area contributed by atoms with Crippen molar-refractivity contribution in [1.29, 1.82) is 0 Å². The third-order valence-electron chi connectivity index (χ3n) is 2.59. The number of carbonyl (C=O) groups is 1. The molecule has 0 spiro atoms. The summed E-state index contributed by atoms with van der Waals surface area (Å²) in [6, 6.07) is 10.1. The summed E-state index contributed by atoms with van der Waals surface area (Å²) in [7, 11) is 0. The topological polar surface area (TPSA) is 17.1 Å². The van der Waals surface area contributed by atoms with Crippen LogP contribution in [-0.2, 0) is 6.42 Å². The first kappa shape index (κ1) is 14.7. The molecule has 0 aliphatic rings. The fourth-order valence-electron chi connectivity index (χ4n) is 1.71. The van der Waals surface area contributed by atoms with Crippen LogP contribution < -0.4 is 0 Å². The SMILES string of the molecule is O=C(Cc1ccccc1Cl)c1c(Cl)cc(Cl)cc1Cl. The second-order valence-corrected chi connectivity index (χ2v) is 5.59. The number of halogens is 4. The van der Waals surface area contributed by atoms with Gasteiger partial charge in [-0.2, -0.15) is 0 Å². The standard InChI is InChI=1S/C14H8Cl4O/c15-9-6-11(17)14(12(18)7-9)13(19)5-8-3-1-2-4-10(8)16/h1-4,6-7H,5H2. The van der Waals surface area contributed by atoms with Gasteiger partial charge in [-0.3, -0.25) is 4.79 Å². The van der Waals surface area contributed by atoms with E-state index < -0.39 is 0 Å². The summed E-state index contributed by atoms with van der Waals surface area (Å²) >= 11 is 23.9. The Kier molecular flexibility index (Phi) is 4.75. The minimum absolute atomic E-state index is 0.140. The van der Waals surface area contributed by atoms with E-state index in [1.54, 1.807) is 18.2 Å². The molecule has 0 bridgehead atoms. The second-order valence-electron chi connectivity index (χ2n) is 3.94. The fraction of sp³-hybridized carbons (Fsp3) is 0.0714. The van der Waals surface area contributed by atoms with Crippen LogP contribution in [0.3, 0.4) is 0 Å². The lowest BCUT2D eigenvalue weighted by Gasteiger charge is -2.08. The zero-order valence-electron chi connectivity index (χ0n) is 9.59. The Bertz CT molecular complexity index is 614. The molecule has 0 N–H and O–H groups in total. The second kappa shape index (κ2) is 6.15. The van der Waals surface area contributed by atoms with Crippen LogP contribution in [0.15, 0.2) is 36.4 Å². The maximum atomic E-state index is 12.2. The predicted octanol–water partition coefficient (Wildman–Crippen LogP) is 5.73. The number of ketones is 1. The minimum Gasteiger partial charge on any atom is -0.294 e. The quantitative estimate of drug-likeness (QED) is 0.656. The van der Waals surface area contributed by atoms with Gasteiger partial charge in [0.2, 0.25) is 0 Å². The van der Waals surface area contributed by atoms with E-state index in [4.69, 9.17) is 46.4 Å². The maximum Gasteiger partial charge on any atom is 0.170 e. The lowest BCUT2D eigenvalue weighted by molar-refractivity contribution is 0.0993. The van der Waals surface area contributed by atoms with E-state index in [2.05, 4.69) is 0 Å². The average molecular weight is 334 g/mol. The van der Waals surface area contributed by atoms with Gasteiger partial charge in [0, 0.05) is 16.5 Å². The molecule has 0 saturated carbocycles. The summed E-state index contributed by atoms with van der Waals surface area (Å²) in [6.45, 7) is 0. The molecule has 0 aliphatic carbocycles. The zero-order valence-corrected chi connectivity index (χ0v) is 12.6. The first-order valence-corrected chi connectivity index (χ1v) is 6.91. The van der Waals surface area contributed by atoms with Gasteiger partial charge in [-0.05, 0) is 23.8 Å². The Morgan fingerprint density at radius 3 is 2.05 bits per heavy atom. The summed E-state index contributed by atoms with van der Waals surface area (Å²) < 4.78 is 0. The average Bonchev–Trinajstić information content (AvgIpc) is 2.30. The summed E-state index contributed by atoms with van der Waals surface area (Å²) in [5, 5.41) is 1.42. The summed E-state index contributed by atoms with van der Waals surface area (Å²) in [6.07, 6.45) is 0.140. The molecule has 5 heteroatoms. The number of carbonyl (C=O) groups excluding carboxylic acids is 1. The van der Waals surface area contributed by atoms with E-state index in [-0.39, 0.29) is 27.8 Å². The minimum atomic E-state index is -0.195. The molecule has 2 aromatic rings. The molecule has 0 aliphatic heterocycles. The van der Waals surface area contributed by atoms with Crippen LogP contribution in [-0.4, -0.2) is 5.78 Å². The Morgan fingerprint density at radius 2 is 1.47 bits per heavy atom. The third kappa shape index (κ3) is 3.43. The number of Topliss-reactive ketones (excluding diaryl/α,β-unsaturated/α-hetero) is 1. The summed E-state index contributed by atoms with van der Waals surface area (Å²) in [4.78, 5) is 12.2. The number of benzene rings is 2. The molecule has 0 saturated heterocycles. The van der Waals surface area contributed by atoms with Gasteiger partial charge < -0.3 is 0 Å². The Hall–Kier alpha value is -0.730. The Labute approximate surface area is 131 Å². The van der Waals surface area contributed by atoms with Crippen LogP contribution in [0.25, 0.3) is 0 Å². The highest BCUT2D eigenvalue weighted by Gasteiger charge is 2.17. The molecule has 0 unspecified atom stereocenters. The van der Waals surface area contributed by atoms with Gasteiger partial charge in [0.05, 0.1) is 15.6 Å². The first-order valence-electron chi connectivity index (χ1n) is 5.40. The molecule has 1 nitrogen and oxygen atoms in total. The molecule has 19 heavy (non-hydrogen) atoms. The van der Waals surface area contributed by atoms with Crippen molar-refractivity contribution in [3.63, 3.8) is 0 Å². The number of hydrogen-bond acceptors (Lipinski definition) is 1. The highest BCUT2D eigenvalue weighted by molar-refractivity contribution is 6.42. The highest BCUT2D eigenvalue weighted by Crippen LogP contribution is 2.30. The summed E-state index contributed by atoms with van der Waals surface area (Å²) in [5.74, 6) is -0.195. The predicted molar refractivity (Wildman–Crippen MR) is 81.0 cm³/mol. The monoisotopic (exact) mass is 332 g/mol. The van der Waals surface area contributed by atoms with Crippen molar-refractivity contribution in [1.82, 2.24) is 0 Å². The molecule has 0 atom stereocenters. The van der Waals surface area contributed by atoms with Crippen molar-refractivity contribution in [2.45, 2.75) is 6.42 Å². The van der Waals surface area contributed by atoms with Gasteiger partial charge in [0.1, 0.15) is 0 Å². The van der Waals surface area contributed by atoms with Crippen molar-refractivity contribution in [3.8, 4) is 0 Å². The smallest absolute Gasteiger partial charge is 0.170 e. The molecule has 0 amide bonds. The van der Waals surface area contributed by atoms with E-state index in [1.807, 2.05) is 6.07 Å². The van der Waals surface area contributed by atoms with Gasteiger partial charge in [-0.1, -0.05) is 64.6 Å². The van der Waals surface area contributed by atoms with Crippen LogP contribution in [0.2, 0.25) is 20.1 Å². The van der Waals surface area contributed by atoms with Gasteiger partial charge in [0.15, 0.2) is 5.78 Å². The van der Waals surface area contributed by atoms with Crippen molar-refractivity contribution in [2.75, 3.05) is 0 Å². The largest absolute Gasteiger partial charge is 0.294 e. The van der Waals surface area contributed by atoms with Gasteiger partial charge in [-0.15, -0.1) is 0 Å². The zero-order chi connectivity index (χ0) is 14.0. The highest BCUT2D eigenvalue weighted by atomic mass is 35.5. The van der Waals surface area contributed by atoms with E-state index >= 15 is 0 Å². The van der Waals surface area contributed by atoms with Crippen molar-refractivity contribution < 1.29 is 4.79 Å². The van der Waals surface area contributed by atoms with Crippen molar-refractivity contribution >= 4 is 52.2 Å². The van der Waals surface area contributed by atoms with E-state index in [0.717, 1.165) is 5.56 Å². The molecule has 0 aromatic heterocycles. The normalized spacial score (nSPS) is 10.5. The molecule has 2 aromatic carbocycles. The molecule has 0 fully saturated rings. The van der Waals surface area contributed by atoms with Crippen molar-refractivity contribution in [3.05, 3.63) is 67.6 Å². The summed E-state index contributed by atoms with van der Waals surface area (Å²) in [5.41, 5.74) is 1.00. The van der Waals surface area contributed by atoms with Gasteiger partial charge in [0.25, 0.3) is 0 Å². The fourth-order valence-corrected chi connectivity index (χ4v) is 2.94. The molecule has 0 radical (unpaired) electrons. The number of hydrogen-bond donors (Lipinski definition) is 0. The molecular formula is C14H8Cl4O. The number of rotatable bonds is 3. The first-order chi connectivity index (χ1) is 8.99. The van der Waals surface area contributed by atoms with E-state index in [0.29, 0.717) is 10.0 Å². The van der Waals surface area contributed by atoms with Gasteiger partial charge in [-0.25, -0.2) is 0 Å². The maximum absolute atomic E-state index is 12.2. The van der Waals surface area contributed by atoms with E-state index in [9.17, 15) is 4.79 Å². The van der Waals surface area contributed by atoms with Gasteiger partial charge >= 0.3 is 0 Å². The molecule has 2 rings (SSSR count). The van der Waals surface area contributed by atoms with Crippen LogP contribution >= 0.6 is 46.4 Å². The Balaban J connectivity index is 2.34. The lowest BCUT2D eigenvalue weighted by Crippen LogP contribution is -2.05. The van der Waals surface area contributed by atoms with Crippen LogP contribution in [0, 0.1) is 0 Å².